The highest BCUT2D eigenvalue weighted by Crippen LogP contribution is 2.06. The van der Waals surface area contributed by atoms with Gasteiger partial charge in [0.05, 0.1) is 0 Å². The van der Waals surface area contributed by atoms with Gasteiger partial charge in [-0.15, -0.1) is 0 Å². The average molecular weight is 267 g/mol. The molecule has 0 fully saturated rings. The predicted molar refractivity (Wildman–Crippen MR) is 76.0 cm³/mol. The molecule has 2 N–H and O–H groups in total. The molecule has 0 saturated carbocycles. The molecule has 108 valence electrons. The van der Waals surface area contributed by atoms with E-state index in [-0.39, 0.29) is 6.09 Å². The number of ether oxygens (including phenoxy) is 1. The molecule has 1 aromatic rings. The summed E-state index contributed by atoms with van der Waals surface area (Å²) in [6.07, 6.45) is 1.70. The lowest BCUT2D eigenvalue weighted by Gasteiger charge is -2.19. The fourth-order valence-electron chi connectivity index (χ4n) is 1.70. The van der Waals surface area contributed by atoms with Gasteiger partial charge in [-0.2, -0.15) is 0 Å². The van der Waals surface area contributed by atoms with Gasteiger partial charge in [-0.25, -0.2) is 4.79 Å². The van der Waals surface area contributed by atoms with Crippen LogP contribution in [0.5, 0.6) is 0 Å². The van der Waals surface area contributed by atoms with Crippen molar-refractivity contribution >= 4 is 6.09 Å². The van der Waals surface area contributed by atoms with Gasteiger partial charge in [-0.1, -0.05) is 0 Å². The standard InChI is InChI=1S/C14H25N3O2/c1-5-17-10-6-7-12(17)11-15-8-9-16-13(18)19-14(2,3)4/h6-7,10,15H,5,8-9,11H2,1-4H3,(H,16,18). The van der Waals surface area contributed by atoms with Crippen LogP contribution < -0.4 is 10.6 Å². The van der Waals surface area contributed by atoms with Crippen molar-refractivity contribution in [2.45, 2.75) is 46.4 Å². The van der Waals surface area contributed by atoms with Crippen molar-refractivity contribution in [3.63, 3.8) is 0 Å². The maximum absolute atomic E-state index is 11.4. The molecule has 5 heteroatoms. The van der Waals surface area contributed by atoms with E-state index in [0.29, 0.717) is 13.1 Å². The van der Waals surface area contributed by atoms with E-state index in [1.807, 2.05) is 26.8 Å². The highest BCUT2D eigenvalue weighted by molar-refractivity contribution is 5.67. The number of carbonyl (C=O) groups excluding carboxylic acids is 1. The summed E-state index contributed by atoms with van der Waals surface area (Å²) in [5.74, 6) is 0. The molecule has 19 heavy (non-hydrogen) atoms. The lowest BCUT2D eigenvalue weighted by Crippen LogP contribution is -2.36. The van der Waals surface area contributed by atoms with Gasteiger partial charge in [0.15, 0.2) is 0 Å². The SMILES string of the molecule is CCn1cccc1CNCCNC(=O)OC(C)(C)C. The van der Waals surface area contributed by atoms with Gasteiger partial charge in [0, 0.05) is 38.1 Å². The van der Waals surface area contributed by atoms with E-state index in [2.05, 4.69) is 34.4 Å². The molecule has 1 rings (SSSR count). The normalized spacial score (nSPS) is 11.4. The molecule has 1 amide bonds. The van der Waals surface area contributed by atoms with Gasteiger partial charge in [0.25, 0.3) is 0 Å². The maximum Gasteiger partial charge on any atom is 0.407 e. The molecule has 0 aliphatic heterocycles. The van der Waals surface area contributed by atoms with Gasteiger partial charge >= 0.3 is 6.09 Å². The van der Waals surface area contributed by atoms with Crippen LogP contribution in [0.4, 0.5) is 4.79 Å². The number of hydrogen-bond acceptors (Lipinski definition) is 3. The predicted octanol–water partition coefficient (Wildman–Crippen LogP) is 2.12. The summed E-state index contributed by atoms with van der Waals surface area (Å²) in [4.78, 5) is 11.4. The highest BCUT2D eigenvalue weighted by atomic mass is 16.6. The molecule has 0 aliphatic carbocycles. The van der Waals surface area contributed by atoms with Crippen LogP contribution in [0.2, 0.25) is 0 Å². The summed E-state index contributed by atoms with van der Waals surface area (Å²) in [6, 6.07) is 4.14. The fourth-order valence-corrected chi connectivity index (χ4v) is 1.70. The lowest BCUT2D eigenvalue weighted by molar-refractivity contribution is 0.0528. The summed E-state index contributed by atoms with van der Waals surface area (Å²) in [5.41, 5.74) is 0.805. The van der Waals surface area contributed by atoms with Crippen molar-refractivity contribution in [2.24, 2.45) is 0 Å². The number of alkyl carbamates (subject to hydrolysis) is 1. The Labute approximate surface area is 115 Å². The molecule has 0 atom stereocenters. The minimum Gasteiger partial charge on any atom is -0.444 e. The Balaban J connectivity index is 2.13. The largest absolute Gasteiger partial charge is 0.444 e. The second-order valence-corrected chi connectivity index (χ2v) is 5.39. The van der Waals surface area contributed by atoms with Crippen LogP contribution >= 0.6 is 0 Å². The number of aromatic nitrogens is 1. The molecule has 0 radical (unpaired) electrons. The number of rotatable bonds is 6. The Morgan fingerprint density at radius 2 is 2.11 bits per heavy atom. The third kappa shape index (κ3) is 6.29. The van der Waals surface area contributed by atoms with Gasteiger partial charge in [0.1, 0.15) is 5.60 Å². The number of aryl methyl sites for hydroxylation is 1. The summed E-state index contributed by atoms with van der Waals surface area (Å²) < 4.78 is 7.33. The number of nitrogens with one attached hydrogen (secondary N) is 2. The quantitative estimate of drug-likeness (QED) is 0.776. The van der Waals surface area contributed by atoms with Crippen molar-refractivity contribution in [1.82, 2.24) is 15.2 Å². The molecule has 0 bridgehead atoms. The molecule has 0 saturated heterocycles. The van der Waals surface area contributed by atoms with E-state index < -0.39 is 5.60 Å². The lowest BCUT2D eigenvalue weighted by atomic mass is 10.2. The Morgan fingerprint density at radius 1 is 1.37 bits per heavy atom. The zero-order chi connectivity index (χ0) is 14.3. The fraction of sp³-hybridized carbons (Fsp3) is 0.643. The van der Waals surface area contributed by atoms with Crippen LogP contribution in [0.1, 0.15) is 33.4 Å². The first-order chi connectivity index (χ1) is 8.92. The average Bonchev–Trinajstić information content (AvgIpc) is 2.73. The van der Waals surface area contributed by atoms with E-state index in [1.165, 1.54) is 5.69 Å². The monoisotopic (exact) mass is 267 g/mol. The summed E-state index contributed by atoms with van der Waals surface area (Å²) >= 11 is 0. The molecule has 0 aromatic carbocycles. The van der Waals surface area contributed by atoms with Crippen molar-refractivity contribution < 1.29 is 9.53 Å². The van der Waals surface area contributed by atoms with E-state index in [4.69, 9.17) is 4.74 Å². The summed E-state index contributed by atoms with van der Waals surface area (Å²) in [7, 11) is 0. The van der Waals surface area contributed by atoms with E-state index in [9.17, 15) is 4.79 Å². The van der Waals surface area contributed by atoms with E-state index in [1.54, 1.807) is 0 Å². The Kier molecular flexibility index (Phi) is 5.89. The molecule has 1 heterocycles. The number of hydrogen-bond donors (Lipinski definition) is 2. The minimum absolute atomic E-state index is 0.369. The van der Waals surface area contributed by atoms with Crippen LogP contribution in [-0.2, 0) is 17.8 Å². The Hall–Kier alpha value is -1.49. The first-order valence-corrected chi connectivity index (χ1v) is 6.74. The Bertz CT molecular complexity index is 394. The van der Waals surface area contributed by atoms with Crippen LogP contribution in [0.3, 0.4) is 0 Å². The third-order valence-electron chi connectivity index (χ3n) is 2.54. The molecule has 0 aliphatic rings. The van der Waals surface area contributed by atoms with Crippen molar-refractivity contribution in [2.75, 3.05) is 13.1 Å². The molecule has 1 aromatic heterocycles. The van der Waals surface area contributed by atoms with E-state index in [0.717, 1.165) is 13.1 Å². The van der Waals surface area contributed by atoms with Crippen LogP contribution in [0.15, 0.2) is 18.3 Å². The maximum atomic E-state index is 11.4. The van der Waals surface area contributed by atoms with E-state index >= 15 is 0 Å². The van der Waals surface area contributed by atoms with Gasteiger partial charge < -0.3 is 19.9 Å². The zero-order valence-electron chi connectivity index (χ0n) is 12.3. The molecule has 0 unspecified atom stereocenters. The summed E-state index contributed by atoms with van der Waals surface area (Å²) in [5, 5.41) is 6.01. The van der Waals surface area contributed by atoms with Crippen LogP contribution in [-0.4, -0.2) is 29.4 Å². The molecule has 0 spiro atoms. The first kappa shape index (κ1) is 15.6. The molecule has 5 nitrogen and oxygen atoms in total. The second kappa shape index (κ2) is 7.19. The van der Waals surface area contributed by atoms with Crippen molar-refractivity contribution in [1.29, 1.82) is 0 Å². The third-order valence-corrected chi connectivity index (χ3v) is 2.54. The zero-order valence-corrected chi connectivity index (χ0v) is 12.3. The van der Waals surface area contributed by atoms with Crippen LogP contribution in [0, 0.1) is 0 Å². The van der Waals surface area contributed by atoms with Crippen LogP contribution in [0.25, 0.3) is 0 Å². The van der Waals surface area contributed by atoms with Gasteiger partial charge in [0.2, 0.25) is 0 Å². The smallest absolute Gasteiger partial charge is 0.407 e. The second-order valence-electron chi connectivity index (χ2n) is 5.39. The van der Waals surface area contributed by atoms with Crippen molar-refractivity contribution in [3.8, 4) is 0 Å². The van der Waals surface area contributed by atoms with Gasteiger partial charge in [-0.3, -0.25) is 0 Å². The Morgan fingerprint density at radius 3 is 2.74 bits per heavy atom. The molecular formula is C14H25N3O2. The topological polar surface area (TPSA) is 55.3 Å². The number of amides is 1. The minimum atomic E-state index is -0.445. The molecular weight excluding hydrogens is 242 g/mol. The highest BCUT2D eigenvalue weighted by Gasteiger charge is 2.15. The number of nitrogens with zero attached hydrogens (tertiary/aromatic N) is 1. The summed E-state index contributed by atoms with van der Waals surface area (Å²) in [6.45, 7) is 10.7. The first-order valence-electron chi connectivity index (χ1n) is 6.74. The number of carbonyl (C=O) groups is 1. The van der Waals surface area contributed by atoms with Gasteiger partial charge in [-0.05, 0) is 39.8 Å². The van der Waals surface area contributed by atoms with Crippen molar-refractivity contribution in [3.05, 3.63) is 24.0 Å².